The van der Waals surface area contributed by atoms with Crippen molar-refractivity contribution in [3.63, 3.8) is 0 Å². The SMILES string of the molecule is O=c1cc(NC[C@H]2OC[C@@H]3CC32)nc2n1CC[C@@H](C(F)(F)F)N2CC(O)(C(F)(F)F)C(F)(F)F. The standard InChI is InChI=1S/C18H19F9N4O3/c19-16(20,21)11-1-2-30-13(32)4-12(28-5-10-9-3-8(9)6-34-10)29-14(30)31(11)7-15(33,17(22,23)24)18(25,26)27/h4,8-11,28,33H,1-3,5-7H2/t8-,9?,10+,11-/m0/s1. The number of nitrogens with one attached hydrogen (secondary N) is 1. The molecule has 1 saturated heterocycles. The van der Waals surface area contributed by atoms with Crippen LogP contribution < -0.4 is 15.8 Å². The fourth-order valence-electron chi connectivity index (χ4n) is 4.37. The summed E-state index contributed by atoms with van der Waals surface area (Å²) in [6.07, 6.45) is -18.4. The summed E-state index contributed by atoms with van der Waals surface area (Å²) >= 11 is 0. The number of aromatic nitrogens is 2. The molecule has 2 aliphatic heterocycles. The molecule has 2 fully saturated rings. The van der Waals surface area contributed by atoms with E-state index in [4.69, 9.17) is 4.74 Å². The van der Waals surface area contributed by atoms with Crippen molar-refractivity contribution >= 4 is 11.8 Å². The Morgan fingerprint density at radius 3 is 2.26 bits per heavy atom. The van der Waals surface area contributed by atoms with Crippen LogP contribution in [0, 0.1) is 11.8 Å². The molecule has 0 bridgehead atoms. The van der Waals surface area contributed by atoms with Crippen LogP contribution >= 0.6 is 0 Å². The Morgan fingerprint density at radius 2 is 1.76 bits per heavy atom. The van der Waals surface area contributed by atoms with E-state index in [1.54, 1.807) is 0 Å². The predicted octanol–water partition coefficient (Wildman–Crippen LogP) is 2.69. The van der Waals surface area contributed by atoms with Crippen LogP contribution in [-0.4, -0.2) is 70.6 Å². The lowest BCUT2D eigenvalue weighted by atomic mass is 9.99. The number of hydrogen-bond donors (Lipinski definition) is 2. The highest BCUT2D eigenvalue weighted by Crippen LogP contribution is 2.48. The lowest BCUT2D eigenvalue weighted by Gasteiger charge is -2.43. The number of fused-ring (bicyclic) bond motifs is 2. The van der Waals surface area contributed by atoms with E-state index in [1.165, 1.54) is 0 Å². The maximum Gasteiger partial charge on any atom is 0.428 e. The zero-order valence-electron chi connectivity index (χ0n) is 17.1. The van der Waals surface area contributed by atoms with Gasteiger partial charge in [0, 0.05) is 19.2 Å². The van der Waals surface area contributed by atoms with Gasteiger partial charge < -0.3 is 20.1 Å². The first kappa shape index (κ1) is 24.9. The summed E-state index contributed by atoms with van der Waals surface area (Å²) in [4.78, 5) is 15.8. The van der Waals surface area contributed by atoms with Crippen LogP contribution in [0.2, 0.25) is 0 Å². The molecule has 1 aliphatic carbocycles. The number of hydrogen-bond acceptors (Lipinski definition) is 6. The average Bonchev–Trinajstić information content (AvgIpc) is 3.36. The molecule has 1 saturated carbocycles. The van der Waals surface area contributed by atoms with Gasteiger partial charge in [-0.3, -0.25) is 9.36 Å². The summed E-state index contributed by atoms with van der Waals surface area (Å²) in [6, 6.07) is -1.97. The molecule has 4 atom stereocenters. The van der Waals surface area contributed by atoms with E-state index in [-0.39, 0.29) is 29.3 Å². The Morgan fingerprint density at radius 1 is 1.12 bits per heavy atom. The van der Waals surface area contributed by atoms with E-state index < -0.39 is 61.2 Å². The second kappa shape index (κ2) is 7.90. The van der Waals surface area contributed by atoms with Crippen LogP contribution in [0.3, 0.4) is 0 Å². The van der Waals surface area contributed by atoms with Gasteiger partial charge in [-0.05, 0) is 24.7 Å². The van der Waals surface area contributed by atoms with Gasteiger partial charge in [0.15, 0.2) is 0 Å². The minimum atomic E-state index is -6.36. The summed E-state index contributed by atoms with van der Waals surface area (Å²) in [5.74, 6) is -0.753. The van der Waals surface area contributed by atoms with Gasteiger partial charge in [-0.15, -0.1) is 0 Å². The quantitative estimate of drug-likeness (QED) is 0.594. The van der Waals surface area contributed by atoms with Gasteiger partial charge in [0.2, 0.25) is 5.95 Å². The van der Waals surface area contributed by atoms with E-state index >= 15 is 0 Å². The number of halogens is 9. The van der Waals surface area contributed by atoms with Crippen LogP contribution in [0.1, 0.15) is 12.8 Å². The fourth-order valence-corrected chi connectivity index (χ4v) is 4.37. The minimum absolute atomic E-state index is 0.0921. The molecule has 0 aromatic carbocycles. The Kier molecular flexibility index (Phi) is 5.78. The summed E-state index contributed by atoms with van der Waals surface area (Å²) in [5.41, 5.74) is -6.48. The number of nitrogens with zero attached hydrogens (tertiary/aromatic N) is 3. The maximum atomic E-state index is 13.6. The number of aliphatic hydroxyl groups is 1. The van der Waals surface area contributed by atoms with E-state index in [0.29, 0.717) is 17.1 Å². The van der Waals surface area contributed by atoms with Crippen molar-refractivity contribution in [2.75, 3.05) is 29.9 Å². The van der Waals surface area contributed by atoms with Gasteiger partial charge in [0.1, 0.15) is 11.9 Å². The van der Waals surface area contributed by atoms with Gasteiger partial charge in [-0.25, -0.2) is 0 Å². The van der Waals surface area contributed by atoms with Crippen LogP contribution in [0.5, 0.6) is 0 Å². The monoisotopic (exact) mass is 510 g/mol. The molecule has 3 heterocycles. The minimum Gasteiger partial charge on any atom is -0.376 e. The van der Waals surface area contributed by atoms with Crippen molar-refractivity contribution in [2.45, 2.75) is 55.7 Å². The second-order valence-electron chi connectivity index (χ2n) is 8.67. The normalized spacial score (nSPS) is 27.4. The summed E-state index contributed by atoms with van der Waals surface area (Å²) < 4.78 is 126. The Balaban J connectivity index is 1.71. The van der Waals surface area contributed by atoms with Gasteiger partial charge in [-0.2, -0.15) is 44.5 Å². The zero-order valence-corrected chi connectivity index (χ0v) is 17.1. The van der Waals surface area contributed by atoms with Gasteiger partial charge in [0.25, 0.3) is 11.2 Å². The molecule has 1 aromatic rings. The molecule has 3 aliphatic rings. The lowest BCUT2D eigenvalue weighted by Crippen LogP contribution is -2.66. The number of alkyl halides is 9. The maximum absolute atomic E-state index is 13.6. The molecule has 1 aromatic heterocycles. The van der Waals surface area contributed by atoms with Gasteiger partial charge >= 0.3 is 18.5 Å². The van der Waals surface area contributed by atoms with Crippen LogP contribution in [0.25, 0.3) is 0 Å². The van der Waals surface area contributed by atoms with Crippen molar-refractivity contribution in [3.05, 3.63) is 16.4 Å². The first-order valence-electron chi connectivity index (χ1n) is 10.2. The average molecular weight is 510 g/mol. The molecule has 192 valence electrons. The van der Waals surface area contributed by atoms with Gasteiger partial charge in [0.05, 0.1) is 19.3 Å². The smallest absolute Gasteiger partial charge is 0.376 e. The van der Waals surface area contributed by atoms with Crippen LogP contribution in [-0.2, 0) is 11.3 Å². The first-order valence-corrected chi connectivity index (χ1v) is 10.2. The van der Waals surface area contributed by atoms with E-state index in [9.17, 15) is 49.4 Å². The zero-order chi connectivity index (χ0) is 25.3. The molecule has 2 N–H and O–H groups in total. The fraction of sp³-hybridized carbons (Fsp3) is 0.778. The first-order chi connectivity index (χ1) is 15.5. The third-order valence-electron chi connectivity index (χ3n) is 6.43. The van der Waals surface area contributed by atoms with E-state index in [0.717, 1.165) is 12.5 Å². The number of anilines is 2. The highest BCUT2D eigenvalue weighted by Gasteiger charge is 2.72. The molecule has 16 heteroatoms. The Hall–Kier alpha value is -2.23. The van der Waals surface area contributed by atoms with Crippen LogP contribution in [0.4, 0.5) is 51.3 Å². The highest BCUT2D eigenvalue weighted by molar-refractivity contribution is 5.45. The molecule has 34 heavy (non-hydrogen) atoms. The number of ether oxygens (including phenoxy) is 1. The number of rotatable bonds is 5. The van der Waals surface area contributed by atoms with Crippen molar-refractivity contribution in [2.24, 2.45) is 11.8 Å². The Bertz CT molecular complexity index is 977. The highest BCUT2D eigenvalue weighted by atomic mass is 19.4. The van der Waals surface area contributed by atoms with Gasteiger partial charge in [-0.1, -0.05) is 0 Å². The second-order valence-corrected chi connectivity index (χ2v) is 8.67. The number of β-amino-alcohol motifs (C(OH)–C–C–N with tert-alkyl or cyclic N) is 1. The third kappa shape index (κ3) is 4.29. The van der Waals surface area contributed by atoms with E-state index in [2.05, 4.69) is 10.3 Å². The summed E-state index contributed by atoms with van der Waals surface area (Å²) in [7, 11) is 0. The molecule has 0 spiro atoms. The van der Waals surface area contributed by atoms with Crippen LogP contribution in [0.15, 0.2) is 10.9 Å². The third-order valence-corrected chi connectivity index (χ3v) is 6.43. The molecular weight excluding hydrogens is 491 g/mol. The molecule has 0 radical (unpaired) electrons. The summed E-state index contributed by atoms with van der Waals surface area (Å²) in [5, 5.41) is 12.2. The largest absolute Gasteiger partial charge is 0.428 e. The molecule has 1 unspecified atom stereocenters. The van der Waals surface area contributed by atoms with E-state index in [1.807, 2.05) is 0 Å². The Labute approximate surface area is 185 Å². The predicted molar refractivity (Wildman–Crippen MR) is 97.2 cm³/mol. The molecular formula is C18H19F9N4O3. The lowest BCUT2D eigenvalue weighted by molar-refractivity contribution is -0.364. The van der Waals surface area contributed by atoms with Crippen molar-refractivity contribution < 1.29 is 49.4 Å². The summed E-state index contributed by atoms with van der Waals surface area (Å²) in [6.45, 7) is -2.59. The molecule has 7 nitrogen and oxygen atoms in total. The van der Waals surface area contributed by atoms with Crippen molar-refractivity contribution in [3.8, 4) is 0 Å². The molecule has 0 amide bonds. The van der Waals surface area contributed by atoms with Crippen molar-refractivity contribution in [1.29, 1.82) is 0 Å². The topological polar surface area (TPSA) is 79.6 Å². The molecule has 4 rings (SSSR count). The van der Waals surface area contributed by atoms with Crippen molar-refractivity contribution in [1.82, 2.24) is 9.55 Å².